The molecule has 0 radical (unpaired) electrons. The molecule has 24 heavy (non-hydrogen) atoms. The van der Waals surface area contributed by atoms with E-state index in [-0.39, 0.29) is 11.3 Å². The smallest absolute Gasteiger partial charge is 0.230 e. The Balaban J connectivity index is 1.68. The largest absolute Gasteiger partial charge is 0.355 e. The molecule has 1 saturated heterocycles. The van der Waals surface area contributed by atoms with Crippen molar-refractivity contribution in [3.05, 3.63) is 71.3 Å². The molecule has 3 nitrogen and oxygen atoms in total. The first-order valence-corrected chi connectivity index (χ1v) is 8.81. The molecule has 3 heteroatoms. The summed E-state index contributed by atoms with van der Waals surface area (Å²) in [6.45, 7) is 4.56. The van der Waals surface area contributed by atoms with Crippen molar-refractivity contribution in [2.45, 2.75) is 31.6 Å². The number of carbonyl (C=O) groups excluding carboxylic acids is 1. The Bertz CT molecular complexity index is 675. The average molecular weight is 322 g/mol. The minimum Gasteiger partial charge on any atom is -0.355 e. The average Bonchev–Trinajstić information content (AvgIpc) is 2.63. The number of benzene rings is 2. The lowest BCUT2D eigenvalue weighted by atomic mass is 9.72. The molecule has 1 amide bonds. The van der Waals surface area contributed by atoms with Gasteiger partial charge in [-0.15, -0.1) is 0 Å². The summed E-state index contributed by atoms with van der Waals surface area (Å²) in [4.78, 5) is 13.0. The quantitative estimate of drug-likeness (QED) is 0.888. The van der Waals surface area contributed by atoms with Crippen LogP contribution in [-0.4, -0.2) is 25.5 Å². The van der Waals surface area contributed by atoms with E-state index in [1.54, 1.807) is 0 Å². The molecule has 2 aromatic carbocycles. The van der Waals surface area contributed by atoms with Gasteiger partial charge in [-0.3, -0.25) is 4.79 Å². The highest BCUT2D eigenvalue weighted by molar-refractivity contribution is 5.88. The molecule has 0 spiro atoms. The van der Waals surface area contributed by atoms with Crippen LogP contribution < -0.4 is 10.6 Å². The first-order chi connectivity index (χ1) is 11.7. The van der Waals surface area contributed by atoms with Crippen LogP contribution in [0.15, 0.2) is 54.6 Å². The molecular weight excluding hydrogens is 296 g/mol. The van der Waals surface area contributed by atoms with E-state index in [1.807, 2.05) is 18.2 Å². The number of aryl methyl sites for hydroxylation is 1. The van der Waals surface area contributed by atoms with Crippen molar-refractivity contribution < 1.29 is 4.79 Å². The van der Waals surface area contributed by atoms with E-state index >= 15 is 0 Å². The molecular formula is C21H26N2O. The molecule has 3 rings (SSSR count). The Kier molecular flexibility index (Phi) is 5.31. The molecule has 0 saturated carbocycles. The lowest BCUT2D eigenvalue weighted by Gasteiger charge is -2.36. The highest BCUT2D eigenvalue weighted by Crippen LogP contribution is 2.33. The van der Waals surface area contributed by atoms with E-state index in [2.05, 4.69) is 54.0 Å². The lowest BCUT2D eigenvalue weighted by Crippen LogP contribution is -2.51. The van der Waals surface area contributed by atoms with Gasteiger partial charge in [-0.25, -0.2) is 0 Å². The molecule has 2 aromatic rings. The van der Waals surface area contributed by atoms with Gasteiger partial charge >= 0.3 is 0 Å². The van der Waals surface area contributed by atoms with Crippen LogP contribution in [0.3, 0.4) is 0 Å². The number of nitrogens with one attached hydrogen (secondary N) is 2. The summed E-state index contributed by atoms with van der Waals surface area (Å²) in [5, 5.41) is 6.57. The second-order valence-electron chi connectivity index (χ2n) is 6.69. The Hall–Kier alpha value is -2.13. The van der Waals surface area contributed by atoms with Gasteiger partial charge in [0.15, 0.2) is 0 Å². The summed E-state index contributed by atoms with van der Waals surface area (Å²) in [5.41, 5.74) is 3.28. The van der Waals surface area contributed by atoms with Crippen LogP contribution in [0.2, 0.25) is 0 Å². The van der Waals surface area contributed by atoms with Crippen molar-refractivity contribution >= 4 is 5.91 Å². The molecule has 0 atom stereocenters. The van der Waals surface area contributed by atoms with E-state index < -0.39 is 0 Å². The summed E-state index contributed by atoms with van der Waals surface area (Å²) in [5.74, 6) is 0.169. The third kappa shape index (κ3) is 3.68. The zero-order chi connectivity index (χ0) is 16.8. The maximum absolute atomic E-state index is 13.0. The highest BCUT2D eigenvalue weighted by atomic mass is 16.2. The van der Waals surface area contributed by atoms with Gasteiger partial charge in [0.1, 0.15) is 0 Å². The Morgan fingerprint density at radius 3 is 2.54 bits per heavy atom. The lowest BCUT2D eigenvalue weighted by molar-refractivity contribution is -0.127. The van der Waals surface area contributed by atoms with Gasteiger partial charge in [0.05, 0.1) is 5.41 Å². The van der Waals surface area contributed by atoms with Crippen LogP contribution in [0.5, 0.6) is 0 Å². The molecule has 0 bridgehead atoms. The Morgan fingerprint density at radius 1 is 1.08 bits per heavy atom. The van der Waals surface area contributed by atoms with Gasteiger partial charge in [0.2, 0.25) is 5.91 Å². The zero-order valence-electron chi connectivity index (χ0n) is 14.3. The Morgan fingerprint density at radius 2 is 1.83 bits per heavy atom. The fourth-order valence-electron chi connectivity index (χ4n) is 3.61. The van der Waals surface area contributed by atoms with Crippen molar-refractivity contribution in [1.82, 2.24) is 10.6 Å². The van der Waals surface area contributed by atoms with Crippen LogP contribution >= 0.6 is 0 Å². The fourth-order valence-corrected chi connectivity index (χ4v) is 3.61. The van der Waals surface area contributed by atoms with Gasteiger partial charge in [-0.2, -0.15) is 0 Å². The Labute approximate surface area is 144 Å². The van der Waals surface area contributed by atoms with E-state index in [9.17, 15) is 4.79 Å². The maximum Gasteiger partial charge on any atom is 0.230 e. The minimum atomic E-state index is -0.390. The molecule has 1 aliphatic rings. The number of amides is 1. The van der Waals surface area contributed by atoms with E-state index in [1.165, 1.54) is 11.1 Å². The number of carbonyl (C=O) groups is 1. The first kappa shape index (κ1) is 16.7. The second-order valence-corrected chi connectivity index (χ2v) is 6.69. The minimum absolute atomic E-state index is 0.169. The van der Waals surface area contributed by atoms with Crippen LogP contribution in [0.4, 0.5) is 0 Å². The normalized spacial score (nSPS) is 16.5. The molecule has 0 unspecified atom stereocenters. The third-order valence-corrected chi connectivity index (χ3v) is 5.00. The summed E-state index contributed by atoms with van der Waals surface area (Å²) in [6, 6.07) is 18.7. The predicted octanol–water partition coefficient (Wildman–Crippen LogP) is 2.98. The van der Waals surface area contributed by atoms with E-state index in [0.717, 1.165) is 37.9 Å². The number of rotatable bonds is 5. The maximum atomic E-state index is 13.0. The molecule has 0 aliphatic carbocycles. The van der Waals surface area contributed by atoms with Gasteiger partial charge < -0.3 is 10.6 Å². The van der Waals surface area contributed by atoms with E-state index in [0.29, 0.717) is 6.54 Å². The van der Waals surface area contributed by atoms with Crippen molar-refractivity contribution in [1.29, 1.82) is 0 Å². The van der Waals surface area contributed by atoms with Crippen molar-refractivity contribution in [2.75, 3.05) is 19.6 Å². The van der Waals surface area contributed by atoms with Gasteiger partial charge in [-0.1, -0.05) is 60.2 Å². The molecule has 1 heterocycles. The van der Waals surface area contributed by atoms with Crippen LogP contribution in [0, 0.1) is 6.92 Å². The topological polar surface area (TPSA) is 41.1 Å². The van der Waals surface area contributed by atoms with Crippen molar-refractivity contribution in [3.63, 3.8) is 0 Å². The summed E-state index contributed by atoms with van der Waals surface area (Å²) in [7, 11) is 0. The summed E-state index contributed by atoms with van der Waals surface area (Å²) < 4.78 is 0. The number of hydrogen-bond acceptors (Lipinski definition) is 2. The van der Waals surface area contributed by atoms with Crippen molar-refractivity contribution in [2.24, 2.45) is 0 Å². The molecule has 1 fully saturated rings. The first-order valence-electron chi connectivity index (χ1n) is 8.81. The molecule has 126 valence electrons. The number of piperidine rings is 1. The standard InChI is InChI=1S/C21H26N2O/c1-17-6-5-7-18(16-17)10-13-23-20(24)21(11-14-22-15-12-21)19-8-3-2-4-9-19/h2-9,16,22H,10-15H2,1H3,(H,23,24). The monoisotopic (exact) mass is 322 g/mol. The molecule has 0 aromatic heterocycles. The fraction of sp³-hybridized carbons (Fsp3) is 0.381. The van der Waals surface area contributed by atoms with E-state index in [4.69, 9.17) is 0 Å². The SMILES string of the molecule is Cc1cccc(CCNC(=O)C2(c3ccccc3)CCNCC2)c1. The zero-order valence-corrected chi connectivity index (χ0v) is 14.3. The van der Waals surface area contributed by atoms with Gasteiger partial charge in [0, 0.05) is 6.54 Å². The third-order valence-electron chi connectivity index (χ3n) is 5.00. The van der Waals surface area contributed by atoms with Crippen LogP contribution in [0.25, 0.3) is 0 Å². The van der Waals surface area contributed by atoms with Crippen molar-refractivity contribution in [3.8, 4) is 0 Å². The highest BCUT2D eigenvalue weighted by Gasteiger charge is 2.40. The summed E-state index contributed by atoms with van der Waals surface area (Å²) in [6.07, 6.45) is 2.58. The number of hydrogen-bond donors (Lipinski definition) is 2. The second kappa shape index (κ2) is 7.63. The van der Waals surface area contributed by atoms with Crippen LogP contribution in [0.1, 0.15) is 29.5 Å². The van der Waals surface area contributed by atoms with Crippen LogP contribution in [-0.2, 0) is 16.6 Å². The molecule has 1 aliphatic heterocycles. The molecule has 2 N–H and O–H groups in total. The van der Waals surface area contributed by atoms with Gasteiger partial charge in [0.25, 0.3) is 0 Å². The predicted molar refractivity (Wildman–Crippen MR) is 98.1 cm³/mol. The summed E-state index contributed by atoms with van der Waals surface area (Å²) >= 11 is 0. The van der Waals surface area contributed by atoms with Gasteiger partial charge in [-0.05, 0) is 50.4 Å².